The standard InChI is InChI=1S/C12H16N2O3/c15-12(16)6-2-1-3-8-17-14-10-11-5-4-7-13-9-11/h4-5,7,9-10H,1-3,6,8H2,(H,15,16). The summed E-state index contributed by atoms with van der Waals surface area (Å²) in [5.74, 6) is -0.750. The van der Waals surface area contributed by atoms with Gasteiger partial charge in [0.05, 0.1) is 6.21 Å². The monoisotopic (exact) mass is 236 g/mol. The van der Waals surface area contributed by atoms with E-state index in [2.05, 4.69) is 10.1 Å². The van der Waals surface area contributed by atoms with Crippen molar-refractivity contribution >= 4 is 12.2 Å². The summed E-state index contributed by atoms with van der Waals surface area (Å²) >= 11 is 0. The Balaban J connectivity index is 2.01. The average molecular weight is 236 g/mol. The van der Waals surface area contributed by atoms with E-state index in [9.17, 15) is 4.79 Å². The summed E-state index contributed by atoms with van der Waals surface area (Å²) in [6.07, 6.45) is 7.56. The van der Waals surface area contributed by atoms with Crippen LogP contribution in [0.25, 0.3) is 0 Å². The van der Waals surface area contributed by atoms with Crippen LogP contribution in [0.2, 0.25) is 0 Å². The summed E-state index contributed by atoms with van der Waals surface area (Å²) in [5.41, 5.74) is 0.887. The molecule has 17 heavy (non-hydrogen) atoms. The molecule has 0 aromatic carbocycles. The minimum atomic E-state index is -0.750. The molecule has 1 heterocycles. The lowest BCUT2D eigenvalue weighted by Crippen LogP contribution is -1.95. The molecule has 0 aliphatic rings. The third-order valence-electron chi connectivity index (χ3n) is 2.09. The van der Waals surface area contributed by atoms with Crippen LogP contribution in [0.5, 0.6) is 0 Å². The van der Waals surface area contributed by atoms with Gasteiger partial charge in [0.15, 0.2) is 0 Å². The van der Waals surface area contributed by atoms with Crippen molar-refractivity contribution in [2.75, 3.05) is 6.61 Å². The van der Waals surface area contributed by atoms with Crippen molar-refractivity contribution < 1.29 is 14.7 Å². The maximum atomic E-state index is 10.2. The Morgan fingerprint density at radius 2 is 2.35 bits per heavy atom. The van der Waals surface area contributed by atoms with Crippen LogP contribution < -0.4 is 0 Å². The second-order valence-electron chi connectivity index (χ2n) is 3.56. The molecule has 1 rings (SSSR count). The minimum Gasteiger partial charge on any atom is -0.481 e. The second kappa shape index (κ2) is 8.27. The zero-order valence-electron chi connectivity index (χ0n) is 9.58. The Morgan fingerprint density at radius 1 is 1.47 bits per heavy atom. The Morgan fingerprint density at radius 3 is 3.06 bits per heavy atom. The lowest BCUT2D eigenvalue weighted by molar-refractivity contribution is -0.137. The molecule has 0 unspecified atom stereocenters. The number of aliphatic carboxylic acids is 1. The van der Waals surface area contributed by atoms with Crippen molar-refractivity contribution in [1.29, 1.82) is 0 Å². The maximum Gasteiger partial charge on any atom is 0.303 e. The first-order valence-corrected chi connectivity index (χ1v) is 5.56. The van der Waals surface area contributed by atoms with Crippen molar-refractivity contribution in [3.63, 3.8) is 0 Å². The number of pyridine rings is 1. The number of carboxylic acid groups (broad SMARTS) is 1. The van der Waals surface area contributed by atoms with Crippen LogP contribution in [0.1, 0.15) is 31.2 Å². The first-order valence-electron chi connectivity index (χ1n) is 5.56. The third kappa shape index (κ3) is 7.05. The van der Waals surface area contributed by atoms with E-state index in [1.165, 1.54) is 0 Å². The molecule has 0 radical (unpaired) electrons. The molecule has 0 atom stereocenters. The lowest BCUT2D eigenvalue weighted by Gasteiger charge is -1.98. The predicted octanol–water partition coefficient (Wildman–Crippen LogP) is 2.08. The van der Waals surface area contributed by atoms with Gasteiger partial charge >= 0.3 is 5.97 Å². The van der Waals surface area contributed by atoms with Gasteiger partial charge in [0.1, 0.15) is 6.61 Å². The molecular weight excluding hydrogens is 220 g/mol. The normalized spacial score (nSPS) is 10.6. The highest BCUT2D eigenvalue weighted by Crippen LogP contribution is 2.00. The van der Waals surface area contributed by atoms with Gasteiger partial charge in [-0.05, 0) is 25.3 Å². The molecule has 5 heteroatoms. The van der Waals surface area contributed by atoms with E-state index in [-0.39, 0.29) is 6.42 Å². The van der Waals surface area contributed by atoms with E-state index in [0.29, 0.717) is 13.0 Å². The highest BCUT2D eigenvalue weighted by atomic mass is 16.6. The van der Waals surface area contributed by atoms with Crippen LogP contribution in [-0.2, 0) is 9.63 Å². The number of hydrogen-bond donors (Lipinski definition) is 1. The van der Waals surface area contributed by atoms with Gasteiger partial charge in [-0.25, -0.2) is 0 Å². The molecule has 0 amide bonds. The van der Waals surface area contributed by atoms with Crippen molar-refractivity contribution in [3.05, 3.63) is 30.1 Å². The van der Waals surface area contributed by atoms with Crippen molar-refractivity contribution in [2.45, 2.75) is 25.7 Å². The van der Waals surface area contributed by atoms with Crippen LogP contribution >= 0.6 is 0 Å². The number of aromatic nitrogens is 1. The molecule has 5 nitrogen and oxygen atoms in total. The van der Waals surface area contributed by atoms with Crippen LogP contribution in [0.3, 0.4) is 0 Å². The number of carboxylic acids is 1. The molecule has 1 N–H and O–H groups in total. The Kier molecular flexibility index (Phi) is 6.40. The summed E-state index contributed by atoms with van der Waals surface area (Å²) in [6.45, 7) is 0.510. The third-order valence-corrected chi connectivity index (χ3v) is 2.09. The van der Waals surface area contributed by atoms with Gasteiger partial charge in [0.2, 0.25) is 0 Å². The van der Waals surface area contributed by atoms with Gasteiger partial charge in [-0.3, -0.25) is 9.78 Å². The van der Waals surface area contributed by atoms with Crippen LogP contribution in [0.4, 0.5) is 0 Å². The molecule has 0 saturated heterocycles. The van der Waals surface area contributed by atoms with Gasteiger partial charge in [-0.1, -0.05) is 11.2 Å². The largest absolute Gasteiger partial charge is 0.481 e. The average Bonchev–Trinajstić information content (AvgIpc) is 2.33. The Labute approximate surface area is 100 Å². The molecule has 0 saturated carbocycles. The molecular formula is C12H16N2O3. The van der Waals surface area contributed by atoms with Crippen molar-refractivity contribution in [2.24, 2.45) is 5.16 Å². The lowest BCUT2D eigenvalue weighted by atomic mass is 10.2. The predicted molar refractivity (Wildman–Crippen MR) is 63.9 cm³/mol. The van der Waals surface area contributed by atoms with Gasteiger partial charge in [0.25, 0.3) is 0 Å². The molecule has 92 valence electrons. The Hall–Kier alpha value is -1.91. The number of unbranched alkanes of at least 4 members (excludes halogenated alkanes) is 2. The van der Waals surface area contributed by atoms with E-state index in [0.717, 1.165) is 18.4 Å². The number of nitrogens with zero attached hydrogens (tertiary/aromatic N) is 2. The molecule has 0 aliphatic carbocycles. The van der Waals surface area contributed by atoms with E-state index in [4.69, 9.17) is 9.94 Å². The van der Waals surface area contributed by atoms with E-state index >= 15 is 0 Å². The maximum absolute atomic E-state index is 10.2. The zero-order chi connectivity index (χ0) is 12.3. The highest BCUT2D eigenvalue weighted by molar-refractivity contribution is 5.78. The summed E-state index contributed by atoms with van der Waals surface area (Å²) in [4.78, 5) is 19.2. The summed E-state index contributed by atoms with van der Waals surface area (Å²) in [7, 11) is 0. The van der Waals surface area contributed by atoms with E-state index in [1.807, 2.05) is 12.1 Å². The van der Waals surface area contributed by atoms with Crippen molar-refractivity contribution in [3.8, 4) is 0 Å². The fourth-order valence-electron chi connectivity index (χ4n) is 1.22. The first kappa shape index (κ1) is 13.2. The summed E-state index contributed by atoms with van der Waals surface area (Å²) < 4.78 is 0. The molecule has 0 bridgehead atoms. The van der Waals surface area contributed by atoms with Gasteiger partial charge in [-0.15, -0.1) is 0 Å². The zero-order valence-corrected chi connectivity index (χ0v) is 9.58. The summed E-state index contributed by atoms with van der Waals surface area (Å²) in [5, 5.41) is 12.2. The quantitative estimate of drug-likeness (QED) is 0.426. The van der Waals surface area contributed by atoms with Crippen LogP contribution in [0, 0.1) is 0 Å². The molecule has 1 aromatic rings. The van der Waals surface area contributed by atoms with Crippen LogP contribution in [-0.4, -0.2) is 28.9 Å². The molecule has 1 aromatic heterocycles. The second-order valence-corrected chi connectivity index (χ2v) is 3.56. The number of rotatable bonds is 8. The molecule has 0 aliphatic heterocycles. The van der Waals surface area contributed by atoms with Crippen molar-refractivity contribution in [1.82, 2.24) is 4.98 Å². The smallest absolute Gasteiger partial charge is 0.303 e. The number of hydrogen-bond acceptors (Lipinski definition) is 4. The fraction of sp³-hybridized carbons (Fsp3) is 0.417. The topological polar surface area (TPSA) is 71.8 Å². The minimum absolute atomic E-state index is 0.221. The molecule has 0 spiro atoms. The fourth-order valence-corrected chi connectivity index (χ4v) is 1.22. The highest BCUT2D eigenvalue weighted by Gasteiger charge is 1.95. The number of oxime groups is 1. The van der Waals surface area contributed by atoms with Gasteiger partial charge in [0, 0.05) is 24.4 Å². The van der Waals surface area contributed by atoms with Gasteiger partial charge in [-0.2, -0.15) is 0 Å². The molecule has 0 fully saturated rings. The SMILES string of the molecule is O=C(O)CCCCCON=Cc1cccnc1. The summed E-state index contributed by atoms with van der Waals surface area (Å²) in [6, 6.07) is 3.71. The van der Waals surface area contributed by atoms with Crippen LogP contribution in [0.15, 0.2) is 29.7 Å². The van der Waals surface area contributed by atoms with E-state index in [1.54, 1.807) is 18.6 Å². The first-order chi connectivity index (χ1) is 8.29. The van der Waals surface area contributed by atoms with Gasteiger partial charge < -0.3 is 9.94 Å². The van der Waals surface area contributed by atoms with E-state index < -0.39 is 5.97 Å². The number of carbonyl (C=O) groups is 1. The Bertz CT molecular complexity index is 352.